The first kappa shape index (κ1) is 44.1. The highest BCUT2D eigenvalue weighted by Crippen LogP contribution is 2.36. The summed E-state index contributed by atoms with van der Waals surface area (Å²) >= 11 is 0. The van der Waals surface area contributed by atoms with Crippen LogP contribution in [0.25, 0.3) is 43.1 Å². The van der Waals surface area contributed by atoms with Crippen LogP contribution in [0.15, 0.2) is 133 Å². The van der Waals surface area contributed by atoms with Gasteiger partial charge in [-0.3, -0.25) is 9.80 Å². The molecule has 9 N–H and O–H groups in total. The molecule has 0 amide bonds. The van der Waals surface area contributed by atoms with E-state index in [-0.39, 0.29) is 5.56 Å². The number of carboxylic acids is 1. The molecule has 0 saturated carbocycles. The quantitative estimate of drug-likeness (QED) is 0.0578. The van der Waals surface area contributed by atoms with Crippen LogP contribution in [0.4, 0.5) is 0 Å². The lowest BCUT2D eigenvalue weighted by atomic mass is 9.77. The number of fused-ring (bicyclic) bond motifs is 4. The molecule has 0 unspecified atom stereocenters. The van der Waals surface area contributed by atoms with E-state index in [1.54, 1.807) is 36.4 Å². The summed E-state index contributed by atoms with van der Waals surface area (Å²) in [7, 11) is 0.788. The zero-order chi connectivity index (χ0) is 44.1. The Labute approximate surface area is 362 Å². The fraction of sp³-hybridized carbons (Fsp3) is 0.180. The molecule has 0 aliphatic carbocycles. The van der Waals surface area contributed by atoms with E-state index in [2.05, 4.69) is 71.3 Å². The van der Waals surface area contributed by atoms with Gasteiger partial charge in [0.05, 0.1) is 5.56 Å². The summed E-state index contributed by atoms with van der Waals surface area (Å²) in [5, 5.41) is 58.1. The van der Waals surface area contributed by atoms with Crippen LogP contribution in [0.1, 0.15) is 49.3 Å². The van der Waals surface area contributed by atoms with Gasteiger partial charge < -0.3 is 36.7 Å². The van der Waals surface area contributed by atoms with Gasteiger partial charge in [-0.25, -0.2) is 4.79 Å². The Kier molecular flexibility index (Phi) is 13.8. The lowest BCUT2D eigenvalue weighted by Gasteiger charge is -2.25. The second-order valence-corrected chi connectivity index (χ2v) is 16.0. The SMILES string of the molecule is CN(Cc1ccccc1B(O)O)Cc1c2ccccc2c(CN(C)Cc2ccccc2B(O)O)c2cc(C(=O)O)ccc12.Cc1cccc2c(CN)c3ccccc3c(CN)c12. The molecule has 8 aromatic rings. The standard InChI is InChI=1S/C33H34B2N2O6.C17H18N2/c1-36(18-23-9-3-7-13-31(23)34(40)41)20-29-25-11-5-6-12-26(25)30(28-17-22(33(38)39)15-16-27(28)29)21-37(2)19-24-10-4-8-14-32(24)35(42)43;1-11-5-4-8-14-15(9-18)12-6-2-3-7-13(12)16(10-19)17(11)14/h3-17,40-43H,18-21H2,1-2H3,(H,38,39);2-8H,9-10,18-19H2,1H3. The van der Waals surface area contributed by atoms with E-state index in [0.717, 1.165) is 43.8 Å². The topological polar surface area (TPSA) is 177 Å². The highest BCUT2D eigenvalue weighted by molar-refractivity contribution is 6.59. The average Bonchev–Trinajstić information content (AvgIpc) is 3.27. The Balaban J connectivity index is 0.000000252. The highest BCUT2D eigenvalue weighted by atomic mass is 16.4. The van der Waals surface area contributed by atoms with Crippen LogP contribution in [-0.2, 0) is 39.3 Å². The zero-order valence-corrected chi connectivity index (χ0v) is 35.3. The van der Waals surface area contributed by atoms with Crippen molar-refractivity contribution < 1.29 is 30.0 Å². The molecule has 0 bridgehead atoms. The van der Waals surface area contributed by atoms with Crippen LogP contribution in [0.2, 0.25) is 0 Å². The minimum atomic E-state index is -1.58. The van der Waals surface area contributed by atoms with Crippen LogP contribution >= 0.6 is 0 Å². The van der Waals surface area contributed by atoms with E-state index >= 15 is 0 Å². The number of rotatable bonds is 13. The van der Waals surface area contributed by atoms with Crippen molar-refractivity contribution in [2.45, 2.75) is 46.2 Å². The smallest absolute Gasteiger partial charge is 0.478 e. The molecular formula is C50H52B2N4O6. The molecule has 8 rings (SSSR count). The van der Waals surface area contributed by atoms with Gasteiger partial charge in [0.2, 0.25) is 0 Å². The molecule has 8 aromatic carbocycles. The second-order valence-electron chi connectivity index (χ2n) is 16.0. The molecule has 0 heterocycles. The summed E-state index contributed by atoms with van der Waals surface area (Å²) in [6.07, 6.45) is 0. The van der Waals surface area contributed by atoms with Crippen molar-refractivity contribution in [3.05, 3.63) is 178 Å². The molecule has 0 atom stereocenters. The predicted octanol–water partition coefficient (Wildman–Crippen LogP) is 5.53. The molecule has 0 saturated heterocycles. The van der Waals surface area contributed by atoms with E-state index in [9.17, 15) is 30.0 Å². The lowest BCUT2D eigenvalue weighted by Crippen LogP contribution is -2.35. The van der Waals surface area contributed by atoms with E-state index in [4.69, 9.17) is 11.5 Å². The number of benzene rings is 8. The van der Waals surface area contributed by atoms with Gasteiger partial charge in [-0.15, -0.1) is 0 Å². The third kappa shape index (κ3) is 9.14. The third-order valence-corrected chi connectivity index (χ3v) is 11.8. The maximum atomic E-state index is 12.0. The van der Waals surface area contributed by atoms with Crippen LogP contribution in [-0.4, -0.2) is 69.3 Å². The van der Waals surface area contributed by atoms with E-state index < -0.39 is 20.2 Å². The van der Waals surface area contributed by atoms with E-state index in [1.807, 2.05) is 56.6 Å². The number of aromatic carboxylic acids is 1. The van der Waals surface area contributed by atoms with Crippen molar-refractivity contribution in [1.29, 1.82) is 0 Å². The van der Waals surface area contributed by atoms with Crippen LogP contribution in [0.3, 0.4) is 0 Å². The van der Waals surface area contributed by atoms with Crippen molar-refractivity contribution >= 4 is 74.2 Å². The molecule has 62 heavy (non-hydrogen) atoms. The summed E-state index contributed by atoms with van der Waals surface area (Å²) in [4.78, 5) is 16.2. The summed E-state index contributed by atoms with van der Waals surface area (Å²) in [6, 6.07) is 42.6. The Hall–Kier alpha value is -5.92. The first-order valence-corrected chi connectivity index (χ1v) is 20.7. The number of hydrogen-bond donors (Lipinski definition) is 7. The molecule has 0 spiro atoms. The number of carbonyl (C=O) groups is 1. The molecule has 0 aliphatic heterocycles. The molecule has 0 aromatic heterocycles. The van der Waals surface area contributed by atoms with Crippen molar-refractivity contribution in [1.82, 2.24) is 9.80 Å². The van der Waals surface area contributed by atoms with Gasteiger partial charge in [0.25, 0.3) is 0 Å². The van der Waals surface area contributed by atoms with Gasteiger partial charge in [-0.05, 0) is 126 Å². The number of carboxylic acid groups (broad SMARTS) is 1. The summed E-state index contributed by atoms with van der Waals surface area (Å²) in [5.41, 5.74) is 20.5. The van der Waals surface area contributed by atoms with E-state index in [0.29, 0.717) is 50.2 Å². The van der Waals surface area contributed by atoms with Crippen molar-refractivity contribution in [3.8, 4) is 0 Å². The number of nitrogens with two attached hydrogens (primary N) is 2. The lowest BCUT2D eigenvalue weighted by molar-refractivity contribution is 0.0697. The minimum absolute atomic E-state index is 0.200. The molecule has 0 fully saturated rings. The Morgan fingerprint density at radius 3 is 1.40 bits per heavy atom. The molecule has 314 valence electrons. The maximum absolute atomic E-state index is 12.0. The van der Waals surface area contributed by atoms with Crippen LogP contribution in [0.5, 0.6) is 0 Å². The van der Waals surface area contributed by atoms with Gasteiger partial charge in [-0.2, -0.15) is 0 Å². The highest BCUT2D eigenvalue weighted by Gasteiger charge is 2.22. The number of aryl methyl sites for hydroxylation is 1. The van der Waals surface area contributed by atoms with Crippen molar-refractivity contribution in [2.24, 2.45) is 11.5 Å². The normalized spacial score (nSPS) is 11.5. The molecule has 0 aliphatic rings. The zero-order valence-electron chi connectivity index (χ0n) is 35.3. The number of nitrogens with zero attached hydrogens (tertiary/aromatic N) is 2. The van der Waals surface area contributed by atoms with Gasteiger partial charge >= 0.3 is 20.2 Å². The second kappa shape index (κ2) is 19.4. The maximum Gasteiger partial charge on any atom is 0.488 e. The summed E-state index contributed by atoms with van der Waals surface area (Å²) in [6.45, 7) is 5.21. The Bertz CT molecular complexity index is 2910. The van der Waals surface area contributed by atoms with E-state index in [1.165, 1.54) is 38.2 Å². The molecule has 0 radical (unpaired) electrons. The number of hydrogen-bond acceptors (Lipinski definition) is 9. The summed E-state index contributed by atoms with van der Waals surface area (Å²) < 4.78 is 0. The van der Waals surface area contributed by atoms with Crippen LogP contribution < -0.4 is 22.4 Å². The fourth-order valence-electron chi connectivity index (χ4n) is 8.96. The summed E-state index contributed by atoms with van der Waals surface area (Å²) in [5.74, 6) is -1.00. The van der Waals surface area contributed by atoms with Crippen LogP contribution in [0, 0.1) is 6.92 Å². The Morgan fingerprint density at radius 2 is 0.919 bits per heavy atom. The monoisotopic (exact) mass is 826 g/mol. The van der Waals surface area contributed by atoms with Gasteiger partial charge in [0.15, 0.2) is 0 Å². The first-order valence-electron chi connectivity index (χ1n) is 20.7. The van der Waals surface area contributed by atoms with Gasteiger partial charge in [0, 0.05) is 39.3 Å². The van der Waals surface area contributed by atoms with Crippen molar-refractivity contribution in [2.75, 3.05) is 14.1 Å². The largest absolute Gasteiger partial charge is 0.488 e. The first-order chi connectivity index (χ1) is 29.9. The third-order valence-electron chi connectivity index (χ3n) is 11.8. The van der Waals surface area contributed by atoms with Gasteiger partial charge in [-0.1, -0.05) is 121 Å². The minimum Gasteiger partial charge on any atom is -0.478 e. The molecular weight excluding hydrogens is 774 g/mol. The molecule has 12 heteroatoms. The van der Waals surface area contributed by atoms with Crippen molar-refractivity contribution in [3.63, 3.8) is 0 Å². The average molecular weight is 827 g/mol. The predicted molar refractivity (Wildman–Crippen MR) is 253 cm³/mol. The Morgan fingerprint density at radius 1 is 0.500 bits per heavy atom. The fourth-order valence-corrected chi connectivity index (χ4v) is 8.96. The molecule has 10 nitrogen and oxygen atoms in total. The van der Waals surface area contributed by atoms with Gasteiger partial charge in [0.1, 0.15) is 0 Å².